The Labute approximate surface area is 138 Å². The zero-order chi connectivity index (χ0) is 17.2. The number of hydrogen-bond donors (Lipinski definition) is 1. The number of esters is 1. The molecule has 0 saturated heterocycles. The lowest BCUT2D eigenvalue weighted by molar-refractivity contribution is -0.149. The van der Waals surface area contributed by atoms with Crippen LogP contribution in [0.1, 0.15) is 81.1 Å². The van der Waals surface area contributed by atoms with Gasteiger partial charge in [-0.05, 0) is 25.0 Å². The molecule has 23 heavy (non-hydrogen) atoms. The Bertz CT molecular complexity index is 515. The molecule has 0 aliphatic rings. The van der Waals surface area contributed by atoms with Gasteiger partial charge in [0, 0.05) is 24.7 Å². The van der Waals surface area contributed by atoms with Crippen LogP contribution in [0, 0.1) is 0 Å². The summed E-state index contributed by atoms with van der Waals surface area (Å²) >= 11 is 0. The van der Waals surface area contributed by atoms with Gasteiger partial charge < -0.3 is 9.84 Å². The number of aromatic carboxylic acids is 1. The van der Waals surface area contributed by atoms with E-state index in [4.69, 9.17) is 4.74 Å². The van der Waals surface area contributed by atoms with Crippen molar-refractivity contribution >= 4 is 11.9 Å². The van der Waals surface area contributed by atoms with E-state index in [9.17, 15) is 14.7 Å². The third kappa shape index (κ3) is 6.38. The number of carbonyl (C=O) groups is 2. The molecule has 5 heteroatoms. The summed E-state index contributed by atoms with van der Waals surface area (Å²) in [6, 6.07) is 1.67. The molecule has 1 heterocycles. The number of carboxylic acid groups (broad SMARTS) is 1. The van der Waals surface area contributed by atoms with Gasteiger partial charge in [-0.3, -0.25) is 9.78 Å². The van der Waals surface area contributed by atoms with Crippen LogP contribution < -0.4 is 0 Å². The van der Waals surface area contributed by atoms with Crippen molar-refractivity contribution in [2.45, 2.75) is 71.3 Å². The monoisotopic (exact) mass is 321 g/mol. The molecule has 1 N–H and O–H groups in total. The summed E-state index contributed by atoms with van der Waals surface area (Å²) in [6.07, 6.45) is 8.34. The smallest absolute Gasteiger partial charge is 0.337 e. The summed E-state index contributed by atoms with van der Waals surface area (Å²) in [5.41, 5.74) is 0.790. The lowest BCUT2D eigenvalue weighted by Crippen LogP contribution is -2.22. The average molecular weight is 321 g/mol. The van der Waals surface area contributed by atoms with Gasteiger partial charge >= 0.3 is 11.9 Å². The number of nitrogens with zero attached hydrogens (tertiary/aromatic N) is 1. The minimum Gasteiger partial charge on any atom is -0.478 e. The number of rotatable bonds is 10. The zero-order valence-corrected chi connectivity index (χ0v) is 14.2. The first kappa shape index (κ1) is 19.1. The summed E-state index contributed by atoms with van der Waals surface area (Å²) < 4.78 is 5.46. The van der Waals surface area contributed by atoms with Crippen molar-refractivity contribution in [3.63, 3.8) is 0 Å². The van der Waals surface area contributed by atoms with E-state index in [0.29, 0.717) is 12.0 Å². The molecular formula is C18H27NO4. The molecule has 2 unspecified atom stereocenters. The molecule has 0 spiro atoms. The summed E-state index contributed by atoms with van der Waals surface area (Å²) in [7, 11) is 0. The Morgan fingerprint density at radius 2 is 1.91 bits per heavy atom. The van der Waals surface area contributed by atoms with E-state index >= 15 is 0 Å². The highest BCUT2D eigenvalue weighted by molar-refractivity contribution is 5.89. The quantitative estimate of drug-likeness (QED) is 0.517. The summed E-state index contributed by atoms with van der Waals surface area (Å²) in [6.45, 7) is 5.81. The Hall–Kier alpha value is -1.91. The Balaban J connectivity index is 2.52. The van der Waals surface area contributed by atoms with E-state index in [1.54, 1.807) is 19.2 Å². The van der Waals surface area contributed by atoms with Gasteiger partial charge in [0.25, 0.3) is 0 Å². The van der Waals surface area contributed by atoms with Crippen LogP contribution in [0.15, 0.2) is 18.5 Å². The van der Waals surface area contributed by atoms with Crippen LogP contribution in [0.5, 0.6) is 0 Å². The van der Waals surface area contributed by atoms with Gasteiger partial charge in [-0.25, -0.2) is 4.79 Å². The number of carboxylic acids is 1. The second-order valence-corrected chi connectivity index (χ2v) is 5.92. The third-order valence-electron chi connectivity index (χ3n) is 4.08. The lowest BCUT2D eigenvalue weighted by atomic mass is 9.93. The molecule has 1 rings (SSSR count). The Morgan fingerprint density at radius 1 is 1.22 bits per heavy atom. The number of hydrogen-bond acceptors (Lipinski definition) is 4. The molecule has 0 saturated carbocycles. The molecule has 0 aliphatic carbocycles. The molecule has 0 radical (unpaired) electrons. The second-order valence-electron chi connectivity index (χ2n) is 5.92. The highest BCUT2D eigenvalue weighted by Crippen LogP contribution is 2.24. The maximum absolute atomic E-state index is 11.9. The average Bonchev–Trinajstić information content (AvgIpc) is 2.53. The molecule has 0 amide bonds. The maximum Gasteiger partial charge on any atom is 0.337 e. The summed E-state index contributed by atoms with van der Waals surface area (Å²) in [5, 5.41) is 9.22. The molecule has 0 aliphatic heterocycles. The number of pyridine rings is 1. The van der Waals surface area contributed by atoms with Crippen LogP contribution in [0.2, 0.25) is 0 Å². The lowest BCUT2D eigenvalue weighted by Gasteiger charge is -2.22. The van der Waals surface area contributed by atoms with E-state index in [-0.39, 0.29) is 23.6 Å². The molecular weight excluding hydrogens is 294 g/mol. The van der Waals surface area contributed by atoms with Crippen LogP contribution in [-0.2, 0) is 9.53 Å². The van der Waals surface area contributed by atoms with E-state index in [1.165, 1.54) is 19.0 Å². The highest BCUT2D eigenvalue weighted by atomic mass is 16.5. The first-order valence-electron chi connectivity index (χ1n) is 8.34. The van der Waals surface area contributed by atoms with E-state index in [1.807, 2.05) is 6.92 Å². The summed E-state index contributed by atoms with van der Waals surface area (Å²) in [5.74, 6) is -1.44. The topological polar surface area (TPSA) is 76.5 Å². The van der Waals surface area contributed by atoms with Crippen molar-refractivity contribution in [1.82, 2.24) is 4.98 Å². The van der Waals surface area contributed by atoms with Gasteiger partial charge in [0.15, 0.2) is 0 Å². The predicted octanol–water partition coefficient (Wildman–Crippen LogP) is 4.18. The van der Waals surface area contributed by atoms with Gasteiger partial charge in [-0.2, -0.15) is 0 Å². The fourth-order valence-electron chi connectivity index (χ4n) is 2.48. The van der Waals surface area contributed by atoms with Crippen molar-refractivity contribution < 1.29 is 19.4 Å². The molecule has 128 valence electrons. The van der Waals surface area contributed by atoms with Gasteiger partial charge in [0.05, 0.1) is 5.56 Å². The maximum atomic E-state index is 11.9. The molecule has 2 atom stereocenters. The molecule has 0 aromatic carbocycles. The van der Waals surface area contributed by atoms with Crippen molar-refractivity contribution in [3.05, 3.63) is 29.6 Å². The van der Waals surface area contributed by atoms with E-state index in [0.717, 1.165) is 19.3 Å². The first-order valence-corrected chi connectivity index (χ1v) is 8.34. The van der Waals surface area contributed by atoms with Crippen LogP contribution in [0.4, 0.5) is 0 Å². The van der Waals surface area contributed by atoms with Crippen LogP contribution in [0.3, 0.4) is 0 Å². The molecule has 1 aromatic rings. The van der Waals surface area contributed by atoms with Crippen molar-refractivity contribution in [2.75, 3.05) is 0 Å². The SMILES string of the molecule is CCCCCCCC(=O)OC(C)C(C)c1ccncc1C(=O)O. The Morgan fingerprint density at radius 3 is 2.57 bits per heavy atom. The van der Waals surface area contributed by atoms with Crippen LogP contribution >= 0.6 is 0 Å². The first-order chi connectivity index (χ1) is 11.0. The van der Waals surface area contributed by atoms with Gasteiger partial charge in [-0.15, -0.1) is 0 Å². The fraction of sp³-hybridized carbons (Fsp3) is 0.611. The van der Waals surface area contributed by atoms with Crippen molar-refractivity contribution in [3.8, 4) is 0 Å². The summed E-state index contributed by atoms with van der Waals surface area (Å²) in [4.78, 5) is 27.0. The highest BCUT2D eigenvalue weighted by Gasteiger charge is 2.23. The minimum atomic E-state index is -1.02. The second kappa shape index (κ2) is 9.98. The van der Waals surface area contributed by atoms with E-state index < -0.39 is 5.97 Å². The minimum absolute atomic E-state index is 0.155. The number of ether oxygens (including phenoxy) is 1. The van der Waals surface area contributed by atoms with E-state index in [2.05, 4.69) is 11.9 Å². The normalized spacial score (nSPS) is 13.3. The van der Waals surface area contributed by atoms with Gasteiger partial charge in [-0.1, -0.05) is 39.5 Å². The standard InChI is InChI=1S/C18H27NO4/c1-4-5-6-7-8-9-17(20)23-14(3)13(2)15-10-11-19-12-16(15)18(21)22/h10-14H,4-9H2,1-3H3,(H,21,22). The van der Waals surface area contributed by atoms with Crippen LogP contribution in [-0.4, -0.2) is 28.1 Å². The van der Waals surface area contributed by atoms with Gasteiger partial charge in [0.2, 0.25) is 0 Å². The fourth-order valence-corrected chi connectivity index (χ4v) is 2.48. The molecule has 1 aromatic heterocycles. The molecule has 0 bridgehead atoms. The molecule has 5 nitrogen and oxygen atoms in total. The number of carbonyl (C=O) groups excluding carboxylic acids is 1. The molecule has 0 fully saturated rings. The third-order valence-corrected chi connectivity index (χ3v) is 4.08. The number of aromatic nitrogens is 1. The van der Waals surface area contributed by atoms with Gasteiger partial charge in [0.1, 0.15) is 6.10 Å². The largest absolute Gasteiger partial charge is 0.478 e. The van der Waals surface area contributed by atoms with Crippen molar-refractivity contribution in [1.29, 1.82) is 0 Å². The zero-order valence-electron chi connectivity index (χ0n) is 14.2. The van der Waals surface area contributed by atoms with Crippen molar-refractivity contribution in [2.24, 2.45) is 0 Å². The number of unbranched alkanes of at least 4 members (excludes halogenated alkanes) is 4. The van der Waals surface area contributed by atoms with Crippen LogP contribution in [0.25, 0.3) is 0 Å². The predicted molar refractivity (Wildman–Crippen MR) is 88.5 cm³/mol. The Kier molecular flexibility index (Phi) is 8.30.